The summed E-state index contributed by atoms with van der Waals surface area (Å²) in [6.45, 7) is 8.37. The van der Waals surface area contributed by atoms with Crippen molar-refractivity contribution in [1.29, 1.82) is 0 Å². The van der Waals surface area contributed by atoms with Gasteiger partial charge in [0.15, 0.2) is 5.79 Å². The lowest BCUT2D eigenvalue weighted by molar-refractivity contribution is -0.137. The van der Waals surface area contributed by atoms with E-state index in [9.17, 15) is 0 Å². The Morgan fingerprint density at radius 1 is 1.73 bits per heavy atom. The van der Waals surface area contributed by atoms with Crippen LogP contribution in [0.5, 0.6) is 0 Å². The molecule has 0 spiro atoms. The molecule has 0 saturated carbocycles. The summed E-state index contributed by atoms with van der Waals surface area (Å²) in [6, 6.07) is 0. The maximum atomic E-state index is 5.57. The second kappa shape index (κ2) is 3.41. The van der Waals surface area contributed by atoms with Gasteiger partial charge in [0.25, 0.3) is 0 Å². The molecule has 1 atom stereocenters. The third-order valence-electron chi connectivity index (χ3n) is 1.52. The molecule has 64 valence electrons. The monoisotopic (exact) mass is 268 g/mol. The summed E-state index contributed by atoms with van der Waals surface area (Å²) in [5.41, 5.74) is 0. The fraction of sp³-hybridized carbons (Fsp3) is 0.750. The fourth-order valence-electron chi connectivity index (χ4n) is 1.11. The second-order valence-corrected chi connectivity index (χ2v) is 4.70. The van der Waals surface area contributed by atoms with Crippen LogP contribution in [0, 0.1) is 0 Å². The predicted molar refractivity (Wildman–Crippen MR) is 52.7 cm³/mol. The Balaban J connectivity index is 2.36. The number of ether oxygens (including phenoxy) is 2. The first kappa shape index (κ1) is 9.48. The zero-order valence-corrected chi connectivity index (χ0v) is 9.05. The van der Waals surface area contributed by atoms with Crippen molar-refractivity contribution in [1.82, 2.24) is 0 Å². The van der Waals surface area contributed by atoms with Crippen molar-refractivity contribution in [2.45, 2.75) is 32.2 Å². The number of hydrogen-bond donors (Lipinski definition) is 0. The highest BCUT2D eigenvalue weighted by molar-refractivity contribution is 14.1. The Kier molecular flexibility index (Phi) is 2.94. The molecule has 3 heteroatoms. The van der Waals surface area contributed by atoms with Crippen molar-refractivity contribution in [2.24, 2.45) is 0 Å². The summed E-state index contributed by atoms with van der Waals surface area (Å²) in [7, 11) is 0. The van der Waals surface area contributed by atoms with E-state index in [1.165, 1.54) is 0 Å². The quantitative estimate of drug-likeness (QED) is 0.716. The largest absolute Gasteiger partial charge is 0.348 e. The van der Waals surface area contributed by atoms with Crippen LogP contribution in [-0.2, 0) is 9.47 Å². The van der Waals surface area contributed by atoms with E-state index in [-0.39, 0.29) is 6.10 Å². The van der Waals surface area contributed by atoms with Gasteiger partial charge in [0.1, 0.15) is 0 Å². The van der Waals surface area contributed by atoms with Gasteiger partial charge >= 0.3 is 0 Å². The van der Waals surface area contributed by atoms with Crippen LogP contribution in [0.1, 0.15) is 20.3 Å². The summed E-state index contributed by atoms with van der Waals surface area (Å²) in [5.74, 6) is -0.392. The normalized spacial score (nSPS) is 28.8. The first-order valence-corrected chi connectivity index (χ1v) is 4.72. The topological polar surface area (TPSA) is 18.5 Å². The highest BCUT2D eigenvalue weighted by Gasteiger charge is 2.32. The summed E-state index contributed by atoms with van der Waals surface area (Å²) >= 11 is 2.21. The molecule has 0 aromatic carbocycles. The lowest BCUT2D eigenvalue weighted by Crippen LogP contribution is -2.21. The van der Waals surface area contributed by atoms with E-state index in [0.29, 0.717) is 6.61 Å². The number of halogens is 1. The number of hydrogen-bond acceptors (Lipinski definition) is 2. The third-order valence-corrected chi connectivity index (χ3v) is 1.96. The minimum absolute atomic E-state index is 0.203. The van der Waals surface area contributed by atoms with Gasteiger partial charge in [-0.25, -0.2) is 0 Å². The summed E-state index contributed by atoms with van der Waals surface area (Å²) < 4.78 is 12.1. The Labute approximate surface area is 81.1 Å². The average Bonchev–Trinajstić information content (AvgIpc) is 2.08. The van der Waals surface area contributed by atoms with E-state index in [4.69, 9.17) is 9.47 Å². The molecule has 0 aromatic rings. The average molecular weight is 268 g/mol. The summed E-state index contributed by atoms with van der Waals surface area (Å²) in [5, 5.41) is 0. The Hall–Kier alpha value is 0.390. The van der Waals surface area contributed by atoms with Gasteiger partial charge in [-0.2, -0.15) is 0 Å². The van der Waals surface area contributed by atoms with Crippen molar-refractivity contribution in [3.8, 4) is 0 Å². The van der Waals surface area contributed by atoms with Crippen molar-refractivity contribution < 1.29 is 9.47 Å². The van der Waals surface area contributed by atoms with Crippen LogP contribution in [0.2, 0.25) is 0 Å². The SMILES string of the molecule is C=C(I)C[C@@H]1COC(C)(C)O1. The van der Waals surface area contributed by atoms with E-state index in [0.717, 1.165) is 10.0 Å². The van der Waals surface area contributed by atoms with E-state index in [1.54, 1.807) is 0 Å². The van der Waals surface area contributed by atoms with Crippen LogP contribution in [0.3, 0.4) is 0 Å². The molecule has 0 aromatic heterocycles. The molecule has 0 aliphatic carbocycles. The van der Waals surface area contributed by atoms with Gasteiger partial charge in [0.2, 0.25) is 0 Å². The Morgan fingerprint density at radius 3 is 2.73 bits per heavy atom. The molecule has 1 aliphatic rings. The molecule has 0 N–H and O–H groups in total. The molecular formula is C8H13IO2. The van der Waals surface area contributed by atoms with Gasteiger partial charge in [0.05, 0.1) is 12.7 Å². The molecule has 0 radical (unpaired) electrons. The maximum absolute atomic E-state index is 5.57. The first-order chi connectivity index (χ1) is 4.99. The van der Waals surface area contributed by atoms with E-state index in [1.807, 2.05) is 13.8 Å². The van der Waals surface area contributed by atoms with Crippen LogP contribution >= 0.6 is 22.6 Å². The standard InChI is InChI=1S/C8H13IO2/c1-6(9)4-7-5-10-8(2,3)11-7/h7H,1,4-5H2,2-3H3/t7-/m1/s1. The van der Waals surface area contributed by atoms with Crippen molar-refractivity contribution in [2.75, 3.05) is 6.61 Å². The molecule has 2 nitrogen and oxygen atoms in total. The molecule has 1 rings (SSSR count). The summed E-state index contributed by atoms with van der Waals surface area (Å²) in [6.07, 6.45) is 1.10. The smallest absolute Gasteiger partial charge is 0.163 e. The van der Waals surface area contributed by atoms with Gasteiger partial charge in [0, 0.05) is 6.42 Å². The van der Waals surface area contributed by atoms with Crippen molar-refractivity contribution >= 4 is 22.6 Å². The number of rotatable bonds is 2. The molecule has 1 fully saturated rings. The fourth-order valence-corrected chi connectivity index (χ4v) is 1.60. The molecule has 1 heterocycles. The first-order valence-electron chi connectivity index (χ1n) is 3.65. The highest BCUT2D eigenvalue weighted by atomic mass is 127. The third kappa shape index (κ3) is 3.09. The Bertz CT molecular complexity index is 165. The molecule has 0 unspecified atom stereocenters. The lowest BCUT2D eigenvalue weighted by atomic mass is 10.3. The zero-order chi connectivity index (χ0) is 8.48. The van der Waals surface area contributed by atoms with E-state index >= 15 is 0 Å². The molecule has 1 saturated heterocycles. The summed E-state index contributed by atoms with van der Waals surface area (Å²) in [4.78, 5) is 0. The van der Waals surface area contributed by atoms with Gasteiger partial charge in [-0.1, -0.05) is 6.58 Å². The van der Waals surface area contributed by atoms with Crippen LogP contribution in [0.25, 0.3) is 0 Å². The Morgan fingerprint density at radius 2 is 2.36 bits per heavy atom. The van der Waals surface area contributed by atoms with Crippen LogP contribution in [-0.4, -0.2) is 18.5 Å². The van der Waals surface area contributed by atoms with Crippen LogP contribution in [0.15, 0.2) is 10.2 Å². The minimum atomic E-state index is -0.392. The molecular weight excluding hydrogens is 255 g/mol. The molecule has 0 amide bonds. The maximum Gasteiger partial charge on any atom is 0.163 e. The van der Waals surface area contributed by atoms with Crippen LogP contribution in [0.4, 0.5) is 0 Å². The zero-order valence-electron chi connectivity index (χ0n) is 6.89. The van der Waals surface area contributed by atoms with Gasteiger partial charge in [-0.05, 0) is 40.0 Å². The van der Waals surface area contributed by atoms with Crippen molar-refractivity contribution in [3.63, 3.8) is 0 Å². The molecule has 0 bridgehead atoms. The predicted octanol–water partition coefficient (Wildman–Crippen LogP) is 2.48. The molecule has 11 heavy (non-hydrogen) atoms. The van der Waals surface area contributed by atoms with E-state index in [2.05, 4.69) is 29.2 Å². The van der Waals surface area contributed by atoms with E-state index < -0.39 is 5.79 Å². The lowest BCUT2D eigenvalue weighted by Gasteiger charge is -2.16. The molecule has 1 aliphatic heterocycles. The minimum Gasteiger partial charge on any atom is -0.348 e. The van der Waals surface area contributed by atoms with Gasteiger partial charge in [-0.3, -0.25) is 0 Å². The van der Waals surface area contributed by atoms with Crippen molar-refractivity contribution in [3.05, 3.63) is 10.2 Å². The highest BCUT2D eigenvalue weighted by Crippen LogP contribution is 2.26. The second-order valence-electron chi connectivity index (χ2n) is 3.17. The van der Waals surface area contributed by atoms with Gasteiger partial charge in [-0.15, -0.1) is 0 Å². The van der Waals surface area contributed by atoms with Gasteiger partial charge < -0.3 is 9.47 Å². The van der Waals surface area contributed by atoms with Crippen LogP contribution < -0.4 is 0 Å².